The summed E-state index contributed by atoms with van der Waals surface area (Å²) >= 11 is 0. The molecule has 1 aromatic carbocycles. The van der Waals surface area contributed by atoms with Gasteiger partial charge >= 0.3 is 6.03 Å². The van der Waals surface area contributed by atoms with Crippen molar-refractivity contribution in [2.45, 2.75) is 6.42 Å². The lowest BCUT2D eigenvalue weighted by atomic mass is 10.1. The van der Waals surface area contributed by atoms with Crippen LogP contribution in [0.4, 0.5) is 10.5 Å². The molecular weight excluding hydrogens is 294 g/mol. The molecule has 0 bridgehead atoms. The number of benzene rings is 1. The number of furan rings is 1. The number of hydrogen-bond acceptors (Lipinski definition) is 4. The van der Waals surface area contributed by atoms with Crippen LogP contribution in [0.3, 0.4) is 0 Å². The maximum Gasteiger partial charge on any atom is 0.328 e. The number of rotatable bonds is 2. The van der Waals surface area contributed by atoms with Crippen LogP contribution in [-0.4, -0.2) is 44.0 Å². The molecule has 0 spiro atoms. The Bertz CT molecular complexity index is 826. The number of nitrogens with one attached hydrogen (secondary N) is 1. The minimum absolute atomic E-state index is 0.252. The fourth-order valence-corrected chi connectivity index (χ4v) is 2.39. The first-order valence-electron chi connectivity index (χ1n) is 7.31. The summed E-state index contributed by atoms with van der Waals surface area (Å²) in [6, 6.07) is 5.22. The van der Waals surface area contributed by atoms with Gasteiger partial charge in [-0.3, -0.25) is 19.9 Å². The molecule has 1 saturated heterocycles. The SMILES string of the molecule is CN(C)CC#Cc1ccc2c(N3CCC(=O)NC3=O)coc2c1. The Hall–Kier alpha value is -2.78. The van der Waals surface area contributed by atoms with E-state index in [2.05, 4.69) is 17.2 Å². The summed E-state index contributed by atoms with van der Waals surface area (Å²) in [6.45, 7) is 1.03. The smallest absolute Gasteiger partial charge is 0.328 e. The van der Waals surface area contributed by atoms with E-state index in [-0.39, 0.29) is 12.3 Å². The zero-order valence-corrected chi connectivity index (χ0v) is 13.0. The molecule has 0 aliphatic carbocycles. The highest BCUT2D eigenvalue weighted by atomic mass is 16.3. The number of nitrogens with zero attached hydrogens (tertiary/aromatic N) is 2. The lowest BCUT2D eigenvalue weighted by molar-refractivity contribution is -0.120. The first-order valence-corrected chi connectivity index (χ1v) is 7.31. The van der Waals surface area contributed by atoms with Crippen molar-refractivity contribution in [3.63, 3.8) is 0 Å². The summed E-state index contributed by atoms with van der Waals surface area (Å²) in [5.41, 5.74) is 2.19. The second-order valence-electron chi connectivity index (χ2n) is 5.63. The van der Waals surface area contributed by atoms with Gasteiger partial charge in [-0.2, -0.15) is 0 Å². The van der Waals surface area contributed by atoms with E-state index < -0.39 is 6.03 Å². The number of hydrogen-bond donors (Lipinski definition) is 1. The molecule has 118 valence electrons. The number of carbonyl (C=O) groups excluding carboxylic acids is 2. The maximum absolute atomic E-state index is 11.9. The molecule has 1 aliphatic rings. The highest BCUT2D eigenvalue weighted by Gasteiger charge is 2.26. The number of amides is 3. The quantitative estimate of drug-likeness (QED) is 0.859. The van der Waals surface area contributed by atoms with Gasteiger partial charge in [0, 0.05) is 23.9 Å². The van der Waals surface area contributed by atoms with Gasteiger partial charge in [-0.25, -0.2) is 4.79 Å². The van der Waals surface area contributed by atoms with Gasteiger partial charge in [0.05, 0.1) is 12.2 Å². The van der Waals surface area contributed by atoms with Gasteiger partial charge in [0.25, 0.3) is 0 Å². The lowest BCUT2D eigenvalue weighted by Crippen LogP contribution is -2.49. The number of imide groups is 1. The molecule has 2 aromatic rings. The Labute approximate surface area is 134 Å². The van der Waals surface area contributed by atoms with E-state index >= 15 is 0 Å². The third kappa shape index (κ3) is 3.20. The first kappa shape index (κ1) is 15.1. The minimum atomic E-state index is -0.418. The predicted octanol–water partition coefficient (Wildman–Crippen LogP) is 1.79. The van der Waals surface area contributed by atoms with Crippen molar-refractivity contribution in [3.05, 3.63) is 30.0 Å². The van der Waals surface area contributed by atoms with Gasteiger partial charge in [0.15, 0.2) is 0 Å². The van der Waals surface area contributed by atoms with E-state index in [1.165, 1.54) is 11.2 Å². The molecule has 6 heteroatoms. The third-order valence-electron chi connectivity index (χ3n) is 3.53. The number of urea groups is 1. The van der Waals surface area contributed by atoms with Gasteiger partial charge in [0.1, 0.15) is 11.8 Å². The molecule has 1 fully saturated rings. The standard InChI is InChI=1S/C17H17N3O3/c1-19(2)8-3-4-12-5-6-13-14(11-23-15(13)10-12)20-9-7-16(21)18-17(20)22/h5-6,10-11H,7-9H2,1-2H3,(H,18,21,22). The summed E-state index contributed by atoms with van der Waals surface area (Å²) < 4.78 is 5.56. The van der Waals surface area contributed by atoms with Crippen molar-refractivity contribution in [3.8, 4) is 11.8 Å². The molecule has 0 saturated carbocycles. The van der Waals surface area contributed by atoms with Crippen molar-refractivity contribution in [2.75, 3.05) is 32.1 Å². The van der Waals surface area contributed by atoms with Crippen LogP contribution in [0.25, 0.3) is 11.0 Å². The van der Waals surface area contributed by atoms with Gasteiger partial charge in [-0.05, 0) is 32.3 Å². The Morgan fingerprint density at radius 1 is 1.35 bits per heavy atom. The average molecular weight is 311 g/mol. The molecule has 1 N–H and O–H groups in total. The van der Waals surface area contributed by atoms with Crippen LogP contribution in [-0.2, 0) is 4.79 Å². The maximum atomic E-state index is 11.9. The van der Waals surface area contributed by atoms with E-state index in [0.717, 1.165) is 10.9 Å². The fraction of sp³-hybridized carbons (Fsp3) is 0.294. The van der Waals surface area contributed by atoms with Crippen molar-refractivity contribution >= 4 is 28.6 Å². The Balaban J connectivity index is 1.88. The average Bonchev–Trinajstić information content (AvgIpc) is 2.90. The Kier molecular flexibility index (Phi) is 4.04. The van der Waals surface area contributed by atoms with Gasteiger partial charge in [-0.1, -0.05) is 11.8 Å². The number of carbonyl (C=O) groups is 2. The topological polar surface area (TPSA) is 65.8 Å². The van der Waals surface area contributed by atoms with Gasteiger partial charge in [0.2, 0.25) is 5.91 Å². The van der Waals surface area contributed by atoms with E-state index in [4.69, 9.17) is 4.42 Å². The molecule has 23 heavy (non-hydrogen) atoms. The fourth-order valence-electron chi connectivity index (χ4n) is 2.39. The summed E-state index contributed by atoms with van der Waals surface area (Å²) in [6.07, 6.45) is 1.82. The molecule has 3 amide bonds. The number of fused-ring (bicyclic) bond motifs is 1. The largest absolute Gasteiger partial charge is 0.462 e. The normalized spacial score (nSPS) is 14.8. The molecule has 6 nitrogen and oxygen atoms in total. The van der Waals surface area contributed by atoms with Crippen LogP contribution in [0.15, 0.2) is 28.9 Å². The molecule has 3 rings (SSSR count). The third-order valence-corrected chi connectivity index (χ3v) is 3.53. The second-order valence-corrected chi connectivity index (χ2v) is 5.63. The predicted molar refractivity (Wildman–Crippen MR) is 87.1 cm³/mol. The molecule has 1 aliphatic heterocycles. The minimum Gasteiger partial charge on any atom is -0.462 e. The van der Waals surface area contributed by atoms with E-state index in [9.17, 15) is 9.59 Å². The molecule has 0 atom stereocenters. The van der Waals surface area contributed by atoms with Gasteiger partial charge < -0.3 is 4.42 Å². The van der Waals surface area contributed by atoms with Crippen LogP contribution in [0, 0.1) is 11.8 Å². The van der Waals surface area contributed by atoms with Crippen LogP contribution < -0.4 is 10.2 Å². The number of anilines is 1. The lowest BCUT2D eigenvalue weighted by Gasteiger charge is -2.25. The Morgan fingerprint density at radius 3 is 2.91 bits per heavy atom. The van der Waals surface area contributed by atoms with Crippen molar-refractivity contribution in [1.29, 1.82) is 0 Å². The molecule has 2 heterocycles. The molecular formula is C17H17N3O3. The highest BCUT2D eigenvalue weighted by molar-refractivity contribution is 6.09. The van der Waals surface area contributed by atoms with Gasteiger partial charge in [-0.15, -0.1) is 0 Å². The summed E-state index contributed by atoms with van der Waals surface area (Å²) in [5.74, 6) is 5.90. The summed E-state index contributed by atoms with van der Waals surface area (Å²) in [7, 11) is 3.93. The second kappa shape index (κ2) is 6.15. The first-order chi connectivity index (χ1) is 11.0. The summed E-state index contributed by atoms with van der Waals surface area (Å²) in [4.78, 5) is 26.7. The summed E-state index contributed by atoms with van der Waals surface area (Å²) in [5, 5.41) is 3.14. The zero-order valence-electron chi connectivity index (χ0n) is 13.0. The van der Waals surface area contributed by atoms with Crippen LogP contribution >= 0.6 is 0 Å². The van der Waals surface area contributed by atoms with E-state index in [1.54, 1.807) is 0 Å². The monoisotopic (exact) mass is 311 g/mol. The van der Waals surface area contributed by atoms with Crippen LogP contribution in [0.2, 0.25) is 0 Å². The molecule has 0 radical (unpaired) electrons. The van der Waals surface area contributed by atoms with Crippen molar-refractivity contribution < 1.29 is 14.0 Å². The Morgan fingerprint density at radius 2 is 2.17 bits per heavy atom. The van der Waals surface area contributed by atoms with Crippen LogP contribution in [0.1, 0.15) is 12.0 Å². The molecule has 1 aromatic heterocycles. The van der Waals surface area contributed by atoms with Crippen LogP contribution in [0.5, 0.6) is 0 Å². The zero-order chi connectivity index (χ0) is 16.4. The molecule has 0 unspecified atom stereocenters. The van der Waals surface area contributed by atoms with Crippen molar-refractivity contribution in [1.82, 2.24) is 10.2 Å². The van der Waals surface area contributed by atoms with Crippen molar-refractivity contribution in [2.24, 2.45) is 0 Å². The van der Waals surface area contributed by atoms with E-state index in [1.807, 2.05) is 37.2 Å². The van der Waals surface area contributed by atoms with E-state index in [0.29, 0.717) is 24.4 Å². The highest BCUT2D eigenvalue weighted by Crippen LogP contribution is 2.30.